The molecule has 0 atom stereocenters. The van der Waals surface area contributed by atoms with E-state index in [1.165, 1.54) is 36.4 Å². The van der Waals surface area contributed by atoms with Crippen LogP contribution in [0.2, 0.25) is 0 Å². The topological polar surface area (TPSA) is 115 Å². The van der Waals surface area contributed by atoms with Crippen molar-refractivity contribution in [2.45, 2.75) is 11.1 Å². The second kappa shape index (κ2) is 7.09. The van der Waals surface area contributed by atoms with E-state index in [0.29, 0.717) is 0 Å². The second-order valence-electron chi connectivity index (χ2n) is 5.64. The minimum absolute atomic E-state index is 0.0246. The molecule has 0 saturated carbocycles. The summed E-state index contributed by atoms with van der Waals surface area (Å²) in [4.78, 5) is 16.0. The Morgan fingerprint density at radius 3 is 2.18 bits per heavy atom. The molecular weight excluding hydrogens is 399 g/mol. The van der Waals surface area contributed by atoms with E-state index in [4.69, 9.17) is 9.56 Å². The molecule has 28 heavy (non-hydrogen) atoms. The van der Waals surface area contributed by atoms with Crippen LogP contribution in [-0.4, -0.2) is 19.3 Å². The third kappa shape index (κ3) is 4.38. The third-order valence-electron chi connectivity index (χ3n) is 3.64. The highest BCUT2D eigenvalue weighted by Crippen LogP contribution is 2.30. The van der Waals surface area contributed by atoms with Gasteiger partial charge in [0.25, 0.3) is 5.91 Å². The summed E-state index contributed by atoms with van der Waals surface area (Å²) >= 11 is 0. The van der Waals surface area contributed by atoms with Crippen LogP contribution in [0.5, 0.6) is 0 Å². The van der Waals surface area contributed by atoms with Gasteiger partial charge >= 0.3 is 6.18 Å². The van der Waals surface area contributed by atoms with Crippen LogP contribution in [0.15, 0.2) is 64.1 Å². The first-order valence-electron chi connectivity index (χ1n) is 7.61. The van der Waals surface area contributed by atoms with E-state index in [0.717, 1.165) is 18.4 Å². The fourth-order valence-corrected chi connectivity index (χ4v) is 2.75. The predicted octanol–water partition coefficient (Wildman–Crippen LogP) is 3.26. The molecule has 11 heteroatoms. The van der Waals surface area contributed by atoms with E-state index < -0.39 is 27.7 Å². The van der Waals surface area contributed by atoms with Gasteiger partial charge in [-0.05, 0) is 48.5 Å². The van der Waals surface area contributed by atoms with E-state index in [1.807, 2.05) is 0 Å². The number of hydrogen-bond donors (Lipinski definition) is 2. The Hall–Kier alpha value is -3.18. The van der Waals surface area contributed by atoms with Crippen LogP contribution in [0.4, 0.5) is 18.9 Å². The van der Waals surface area contributed by atoms with Gasteiger partial charge in [0.15, 0.2) is 5.69 Å². The van der Waals surface area contributed by atoms with Gasteiger partial charge in [-0.2, -0.15) is 13.2 Å². The zero-order valence-corrected chi connectivity index (χ0v) is 14.7. The Labute approximate surface area is 157 Å². The summed E-state index contributed by atoms with van der Waals surface area (Å²) in [6.45, 7) is 0. The first-order chi connectivity index (χ1) is 13.0. The first-order valence-corrected chi connectivity index (χ1v) is 9.16. The summed E-state index contributed by atoms with van der Waals surface area (Å²) in [5, 5.41) is 7.48. The average molecular weight is 411 g/mol. The van der Waals surface area contributed by atoms with Crippen molar-refractivity contribution in [2.75, 3.05) is 5.32 Å². The number of sulfonamides is 1. The number of nitrogens with two attached hydrogens (primary N) is 1. The van der Waals surface area contributed by atoms with Crippen molar-refractivity contribution in [1.82, 2.24) is 4.98 Å². The Kier molecular flexibility index (Phi) is 4.96. The fourth-order valence-electron chi connectivity index (χ4n) is 2.24. The lowest BCUT2D eigenvalue weighted by atomic mass is 10.1. The number of benzene rings is 2. The quantitative estimate of drug-likeness (QED) is 0.684. The molecule has 1 aromatic heterocycles. The zero-order valence-electron chi connectivity index (χ0n) is 13.9. The van der Waals surface area contributed by atoms with Crippen LogP contribution in [0, 0.1) is 0 Å². The molecule has 0 aliphatic rings. The number of amides is 1. The van der Waals surface area contributed by atoms with Crippen molar-refractivity contribution < 1.29 is 30.8 Å². The highest BCUT2D eigenvalue weighted by molar-refractivity contribution is 7.89. The normalized spacial score (nSPS) is 12.0. The van der Waals surface area contributed by atoms with Gasteiger partial charge in [-0.15, -0.1) is 0 Å². The molecular formula is C17H12F3N3O4S. The molecule has 146 valence electrons. The molecule has 0 radical (unpaired) electrons. The van der Waals surface area contributed by atoms with Crippen LogP contribution >= 0.6 is 0 Å². The van der Waals surface area contributed by atoms with Gasteiger partial charge in [0.1, 0.15) is 6.26 Å². The summed E-state index contributed by atoms with van der Waals surface area (Å²) in [6, 6.07) is 9.26. The van der Waals surface area contributed by atoms with E-state index >= 15 is 0 Å². The Balaban J connectivity index is 1.73. The fraction of sp³-hybridized carbons (Fsp3) is 0.0588. The molecule has 0 unspecified atom stereocenters. The highest BCUT2D eigenvalue weighted by atomic mass is 32.2. The number of nitrogens with one attached hydrogen (secondary N) is 1. The van der Waals surface area contributed by atoms with Gasteiger partial charge in [-0.3, -0.25) is 4.79 Å². The molecule has 2 aromatic carbocycles. The lowest BCUT2D eigenvalue weighted by molar-refractivity contribution is -0.137. The van der Waals surface area contributed by atoms with Gasteiger partial charge in [0, 0.05) is 11.3 Å². The maximum Gasteiger partial charge on any atom is 0.416 e. The van der Waals surface area contributed by atoms with E-state index in [9.17, 15) is 26.4 Å². The van der Waals surface area contributed by atoms with E-state index in [-0.39, 0.29) is 27.7 Å². The number of oxazole rings is 1. The molecule has 1 heterocycles. The van der Waals surface area contributed by atoms with Crippen molar-refractivity contribution in [3.63, 3.8) is 0 Å². The van der Waals surface area contributed by atoms with Gasteiger partial charge in [-0.1, -0.05) is 0 Å². The number of rotatable bonds is 4. The SMILES string of the molecule is NS(=O)(=O)c1ccc(NC(=O)c2coc(-c3ccc(C(F)(F)F)cc3)n2)cc1. The molecule has 3 aromatic rings. The Bertz CT molecular complexity index is 1110. The maximum absolute atomic E-state index is 12.6. The van der Waals surface area contributed by atoms with E-state index in [1.54, 1.807) is 0 Å². The smallest absolute Gasteiger partial charge is 0.416 e. The standard InChI is InChI=1S/C17H12F3N3O4S/c18-17(19,20)11-3-1-10(2-4-11)16-23-14(9-27-16)15(24)22-12-5-7-13(8-6-12)28(21,25)26/h1-9H,(H,22,24)(H2,21,25,26). The van der Waals surface area contributed by atoms with Crippen molar-refractivity contribution in [3.8, 4) is 11.5 Å². The maximum atomic E-state index is 12.6. The van der Waals surface area contributed by atoms with Crippen LogP contribution in [0.3, 0.4) is 0 Å². The number of aromatic nitrogens is 1. The average Bonchev–Trinajstić information content (AvgIpc) is 3.11. The second-order valence-corrected chi connectivity index (χ2v) is 7.20. The van der Waals surface area contributed by atoms with Crippen molar-refractivity contribution >= 4 is 21.6 Å². The largest absolute Gasteiger partial charge is 0.444 e. The van der Waals surface area contributed by atoms with Crippen molar-refractivity contribution in [2.24, 2.45) is 5.14 Å². The number of nitrogens with zero attached hydrogens (tertiary/aromatic N) is 1. The number of primary sulfonamides is 1. The molecule has 0 aliphatic heterocycles. The minimum Gasteiger partial charge on any atom is -0.444 e. The van der Waals surface area contributed by atoms with Gasteiger partial charge < -0.3 is 9.73 Å². The number of anilines is 1. The number of carbonyl (C=O) groups excluding carboxylic acids is 1. The molecule has 0 fully saturated rings. The Morgan fingerprint density at radius 1 is 1.04 bits per heavy atom. The van der Waals surface area contributed by atoms with Crippen LogP contribution < -0.4 is 10.5 Å². The molecule has 3 rings (SSSR count). The summed E-state index contributed by atoms with van der Waals surface area (Å²) in [5.74, 6) is -0.672. The summed E-state index contributed by atoms with van der Waals surface area (Å²) in [5.41, 5.74) is -0.366. The summed E-state index contributed by atoms with van der Waals surface area (Å²) in [6.07, 6.45) is -3.40. The van der Waals surface area contributed by atoms with Crippen LogP contribution in [0.25, 0.3) is 11.5 Å². The molecule has 0 spiro atoms. The monoisotopic (exact) mass is 411 g/mol. The number of alkyl halides is 3. The summed E-state index contributed by atoms with van der Waals surface area (Å²) in [7, 11) is -3.85. The van der Waals surface area contributed by atoms with Gasteiger partial charge in [-0.25, -0.2) is 18.5 Å². The lowest BCUT2D eigenvalue weighted by Gasteiger charge is -2.06. The van der Waals surface area contributed by atoms with Gasteiger partial charge in [0.05, 0.1) is 10.5 Å². The first kappa shape index (κ1) is 19.6. The van der Waals surface area contributed by atoms with E-state index in [2.05, 4.69) is 10.3 Å². The molecule has 3 N–H and O–H groups in total. The van der Waals surface area contributed by atoms with Gasteiger partial charge in [0.2, 0.25) is 15.9 Å². The molecule has 0 saturated heterocycles. The van der Waals surface area contributed by atoms with Crippen LogP contribution in [0.1, 0.15) is 16.1 Å². The van der Waals surface area contributed by atoms with Crippen LogP contribution in [-0.2, 0) is 16.2 Å². The molecule has 1 amide bonds. The molecule has 0 bridgehead atoms. The molecule has 7 nitrogen and oxygen atoms in total. The molecule has 0 aliphatic carbocycles. The number of halogens is 3. The predicted molar refractivity (Wildman–Crippen MR) is 92.7 cm³/mol. The lowest BCUT2D eigenvalue weighted by Crippen LogP contribution is -2.14. The zero-order chi connectivity index (χ0) is 20.5. The number of hydrogen-bond acceptors (Lipinski definition) is 5. The minimum atomic E-state index is -4.46. The van der Waals surface area contributed by atoms with Crippen molar-refractivity contribution in [3.05, 3.63) is 66.1 Å². The third-order valence-corrected chi connectivity index (χ3v) is 4.57. The highest BCUT2D eigenvalue weighted by Gasteiger charge is 2.30. The summed E-state index contributed by atoms with van der Waals surface area (Å²) < 4.78 is 65.4. The number of carbonyl (C=O) groups is 1. The van der Waals surface area contributed by atoms with Crippen molar-refractivity contribution in [1.29, 1.82) is 0 Å². The Morgan fingerprint density at radius 2 is 1.64 bits per heavy atom.